The maximum Gasteiger partial charge on any atom is 0.262 e. The van der Waals surface area contributed by atoms with Gasteiger partial charge in [-0.15, -0.1) is 0 Å². The number of hydrogen-bond donors (Lipinski definition) is 0. The smallest absolute Gasteiger partial charge is 0.262 e. The Morgan fingerprint density at radius 1 is 1.04 bits per heavy atom. The average Bonchev–Trinajstić information content (AvgIpc) is 3.02. The molecule has 0 spiro atoms. The molecule has 0 bridgehead atoms. The van der Waals surface area contributed by atoms with Crippen molar-refractivity contribution in [3.63, 3.8) is 0 Å². The molecule has 0 aliphatic rings. The number of thioether (sulfide) groups is 1. The Hall–Kier alpha value is -2.86. The Balaban J connectivity index is 1.76. The Morgan fingerprint density at radius 3 is 2.50 bits per heavy atom. The highest BCUT2D eigenvalue weighted by Gasteiger charge is 2.15. The van der Waals surface area contributed by atoms with E-state index in [1.54, 1.807) is 4.57 Å². The SMILES string of the molecule is Cc1ccc(Cn2c(SCc3c(C)noc3C)nc3ccccc3c2=O)cc1. The number of aryl methyl sites for hydroxylation is 3. The molecular weight excluding hydrogens is 370 g/mol. The van der Waals surface area contributed by atoms with Crippen LogP contribution >= 0.6 is 11.8 Å². The molecule has 4 aromatic rings. The number of para-hydroxylation sites is 1. The third-order valence-electron chi connectivity index (χ3n) is 4.81. The molecule has 2 aromatic carbocycles. The van der Waals surface area contributed by atoms with Gasteiger partial charge in [0.2, 0.25) is 0 Å². The number of hydrogen-bond acceptors (Lipinski definition) is 5. The molecule has 6 heteroatoms. The molecule has 0 fully saturated rings. The summed E-state index contributed by atoms with van der Waals surface area (Å²) in [5.74, 6) is 1.46. The number of rotatable bonds is 5. The molecule has 0 saturated carbocycles. The van der Waals surface area contributed by atoms with Gasteiger partial charge in [-0.1, -0.05) is 58.9 Å². The summed E-state index contributed by atoms with van der Waals surface area (Å²) in [7, 11) is 0. The summed E-state index contributed by atoms with van der Waals surface area (Å²) in [5, 5.41) is 5.35. The maximum absolute atomic E-state index is 13.2. The van der Waals surface area contributed by atoms with Gasteiger partial charge in [-0.2, -0.15) is 0 Å². The molecule has 0 aliphatic carbocycles. The lowest BCUT2D eigenvalue weighted by Crippen LogP contribution is -2.24. The molecule has 4 rings (SSSR count). The summed E-state index contributed by atoms with van der Waals surface area (Å²) in [6.45, 7) is 6.38. The minimum Gasteiger partial charge on any atom is -0.361 e. The third-order valence-corrected chi connectivity index (χ3v) is 5.82. The van der Waals surface area contributed by atoms with Crippen LogP contribution in [0.2, 0.25) is 0 Å². The molecule has 142 valence electrons. The Labute approximate surface area is 167 Å². The molecule has 0 unspecified atom stereocenters. The standard InChI is InChI=1S/C22H21N3O2S/c1-14-8-10-17(11-9-14)12-25-21(26)18-6-4-5-7-20(18)23-22(25)28-13-19-15(2)24-27-16(19)3/h4-11H,12-13H2,1-3H3. The van der Waals surface area contributed by atoms with E-state index in [9.17, 15) is 4.79 Å². The second-order valence-corrected chi connectivity index (χ2v) is 7.82. The van der Waals surface area contributed by atoms with Gasteiger partial charge in [0.25, 0.3) is 5.56 Å². The lowest BCUT2D eigenvalue weighted by Gasteiger charge is -2.13. The molecule has 0 atom stereocenters. The van der Waals surface area contributed by atoms with Crippen LogP contribution in [0.25, 0.3) is 10.9 Å². The molecule has 0 saturated heterocycles. The summed E-state index contributed by atoms with van der Waals surface area (Å²) in [4.78, 5) is 18.0. The van der Waals surface area contributed by atoms with Crippen LogP contribution in [0.5, 0.6) is 0 Å². The number of fused-ring (bicyclic) bond motifs is 1. The molecule has 0 N–H and O–H groups in total. The monoisotopic (exact) mass is 391 g/mol. The van der Waals surface area contributed by atoms with E-state index < -0.39 is 0 Å². The first kappa shape index (κ1) is 18.5. The van der Waals surface area contributed by atoms with Crippen molar-refractivity contribution in [2.45, 2.75) is 38.2 Å². The summed E-state index contributed by atoms with van der Waals surface area (Å²) in [6, 6.07) is 15.7. The van der Waals surface area contributed by atoms with Crippen molar-refractivity contribution in [2.75, 3.05) is 0 Å². The predicted molar refractivity (Wildman–Crippen MR) is 112 cm³/mol. The first-order valence-corrected chi connectivity index (χ1v) is 10.1. The topological polar surface area (TPSA) is 60.9 Å². The second kappa shape index (κ2) is 7.64. The fourth-order valence-electron chi connectivity index (χ4n) is 3.12. The fraction of sp³-hybridized carbons (Fsp3) is 0.227. The first-order chi connectivity index (χ1) is 13.5. The van der Waals surface area contributed by atoms with Crippen molar-refractivity contribution >= 4 is 22.7 Å². The lowest BCUT2D eigenvalue weighted by molar-refractivity contribution is 0.392. The highest BCUT2D eigenvalue weighted by molar-refractivity contribution is 7.98. The van der Waals surface area contributed by atoms with Crippen molar-refractivity contribution in [1.29, 1.82) is 0 Å². The minimum absolute atomic E-state index is 0.0209. The van der Waals surface area contributed by atoms with E-state index in [0.29, 0.717) is 28.4 Å². The van der Waals surface area contributed by atoms with E-state index in [-0.39, 0.29) is 5.56 Å². The van der Waals surface area contributed by atoms with Gasteiger partial charge < -0.3 is 4.52 Å². The molecule has 2 aromatic heterocycles. The van der Waals surface area contributed by atoms with Gasteiger partial charge >= 0.3 is 0 Å². The zero-order chi connectivity index (χ0) is 19.7. The maximum atomic E-state index is 13.2. The van der Waals surface area contributed by atoms with E-state index in [1.165, 1.54) is 17.3 Å². The molecule has 5 nitrogen and oxygen atoms in total. The lowest BCUT2D eigenvalue weighted by atomic mass is 10.1. The van der Waals surface area contributed by atoms with Crippen molar-refractivity contribution in [1.82, 2.24) is 14.7 Å². The number of benzene rings is 2. The molecule has 0 amide bonds. The van der Waals surface area contributed by atoms with Crippen molar-refractivity contribution < 1.29 is 4.52 Å². The molecular formula is C22H21N3O2S. The largest absolute Gasteiger partial charge is 0.361 e. The van der Waals surface area contributed by atoms with Crippen LogP contribution in [-0.2, 0) is 12.3 Å². The van der Waals surface area contributed by atoms with Gasteiger partial charge in [0.15, 0.2) is 5.16 Å². The summed E-state index contributed by atoms with van der Waals surface area (Å²) in [6.07, 6.45) is 0. The van der Waals surface area contributed by atoms with E-state index in [1.807, 2.05) is 38.1 Å². The minimum atomic E-state index is -0.0209. The molecule has 2 heterocycles. The molecule has 0 aliphatic heterocycles. The second-order valence-electron chi connectivity index (χ2n) is 6.88. The third kappa shape index (κ3) is 3.60. The van der Waals surface area contributed by atoms with Crippen molar-refractivity contribution in [3.05, 3.63) is 87.0 Å². The normalized spacial score (nSPS) is 11.2. The number of nitrogens with zero attached hydrogens (tertiary/aromatic N) is 3. The van der Waals surface area contributed by atoms with Gasteiger partial charge in [0.1, 0.15) is 5.76 Å². The number of aromatic nitrogens is 3. The quantitative estimate of drug-likeness (QED) is 0.366. The summed E-state index contributed by atoms with van der Waals surface area (Å²) >= 11 is 1.54. The zero-order valence-electron chi connectivity index (χ0n) is 16.1. The van der Waals surface area contributed by atoms with Crippen LogP contribution in [0, 0.1) is 20.8 Å². The van der Waals surface area contributed by atoms with Crippen LogP contribution < -0.4 is 5.56 Å². The van der Waals surface area contributed by atoms with Crippen molar-refractivity contribution in [3.8, 4) is 0 Å². The summed E-state index contributed by atoms with van der Waals surface area (Å²) < 4.78 is 7.02. The van der Waals surface area contributed by atoms with Gasteiger partial charge in [-0.05, 0) is 38.5 Å². The van der Waals surface area contributed by atoms with Gasteiger partial charge in [0.05, 0.1) is 23.1 Å². The highest BCUT2D eigenvalue weighted by Crippen LogP contribution is 2.26. The Morgan fingerprint density at radius 2 is 1.79 bits per heavy atom. The van der Waals surface area contributed by atoms with E-state index >= 15 is 0 Å². The van der Waals surface area contributed by atoms with E-state index in [4.69, 9.17) is 9.51 Å². The predicted octanol–water partition coefficient (Wildman–Crippen LogP) is 4.65. The van der Waals surface area contributed by atoms with Crippen LogP contribution in [0.4, 0.5) is 0 Å². The van der Waals surface area contributed by atoms with E-state index in [2.05, 4.69) is 36.3 Å². The van der Waals surface area contributed by atoms with Crippen LogP contribution in [0.1, 0.15) is 28.1 Å². The van der Waals surface area contributed by atoms with E-state index in [0.717, 1.165) is 22.6 Å². The van der Waals surface area contributed by atoms with Crippen LogP contribution in [0.15, 0.2) is 63.0 Å². The van der Waals surface area contributed by atoms with Gasteiger partial charge in [-0.25, -0.2) is 4.98 Å². The highest BCUT2D eigenvalue weighted by atomic mass is 32.2. The summed E-state index contributed by atoms with van der Waals surface area (Å²) in [5.41, 5.74) is 4.89. The molecule has 28 heavy (non-hydrogen) atoms. The molecule has 0 radical (unpaired) electrons. The first-order valence-electron chi connectivity index (χ1n) is 9.12. The zero-order valence-corrected chi connectivity index (χ0v) is 16.9. The van der Waals surface area contributed by atoms with Gasteiger partial charge in [0, 0.05) is 11.3 Å². The average molecular weight is 391 g/mol. The Kier molecular flexibility index (Phi) is 5.05. The Bertz CT molecular complexity index is 1170. The van der Waals surface area contributed by atoms with Crippen LogP contribution in [0.3, 0.4) is 0 Å². The van der Waals surface area contributed by atoms with Gasteiger partial charge in [-0.3, -0.25) is 9.36 Å². The fourth-order valence-corrected chi connectivity index (χ4v) is 4.27. The van der Waals surface area contributed by atoms with Crippen molar-refractivity contribution in [2.24, 2.45) is 0 Å². The van der Waals surface area contributed by atoms with Crippen LogP contribution in [-0.4, -0.2) is 14.7 Å².